The maximum absolute atomic E-state index is 13.4. The third-order valence-electron chi connectivity index (χ3n) is 7.68. The van der Waals surface area contributed by atoms with Gasteiger partial charge in [0.05, 0.1) is 9.64 Å². The number of hydrogen-bond donors (Lipinski definition) is 1. The summed E-state index contributed by atoms with van der Waals surface area (Å²) >= 11 is 0. The van der Waals surface area contributed by atoms with Crippen molar-refractivity contribution in [2.24, 2.45) is 0 Å². The molecular weight excluding hydrogens is 392 g/mol. The maximum Gasteiger partial charge on any atom is 0.184 e. The van der Waals surface area contributed by atoms with Gasteiger partial charge in [-0.2, -0.15) is 0 Å². The van der Waals surface area contributed by atoms with Gasteiger partial charge in [-0.15, -0.1) is 0 Å². The van der Waals surface area contributed by atoms with E-state index in [-0.39, 0.29) is 0 Å². The molecule has 30 heavy (non-hydrogen) atoms. The molecule has 1 unspecified atom stereocenters. The van der Waals surface area contributed by atoms with E-state index in [1.807, 2.05) is 18.2 Å². The van der Waals surface area contributed by atoms with E-state index in [1.165, 1.54) is 17.5 Å². The zero-order valence-corrected chi connectivity index (χ0v) is 18.4. The highest BCUT2D eigenvalue weighted by molar-refractivity contribution is 7.93. The van der Waals surface area contributed by atoms with Gasteiger partial charge < -0.3 is 5.32 Å². The number of hydrogen-bond acceptors (Lipinski definition) is 4. The summed E-state index contributed by atoms with van der Waals surface area (Å²) in [5, 5.41) is 3.74. The molecule has 1 aliphatic heterocycles. The normalized spacial score (nSPS) is 25.7. The molecule has 1 saturated carbocycles. The zero-order valence-electron chi connectivity index (χ0n) is 17.6. The monoisotopic (exact) mass is 424 g/mol. The Hall–Kier alpha value is -1.69. The molecular formula is C25H32N2O2S. The highest BCUT2D eigenvalue weighted by Crippen LogP contribution is 2.46. The van der Waals surface area contributed by atoms with Gasteiger partial charge in [0.2, 0.25) is 0 Å². The van der Waals surface area contributed by atoms with Crippen LogP contribution in [0.5, 0.6) is 0 Å². The van der Waals surface area contributed by atoms with Crippen LogP contribution in [0.4, 0.5) is 0 Å². The second kappa shape index (κ2) is 8.10. The fourth-order valence-electron chi connectivity index (χ4n) is 5.87. The predicted octanol–water partition coefficient (Wildman–Crippen LogP) is 4.12. The lowest BCUT2D eigenvalue weighted by molar-refractivity contribution is 0.100. The van der Waals surface area contributed by atoms with Crippen molar-refractivity contribution in [3.05, 3.63) is 65.7 Å². The number of nitrogens with zero attached hydrogens (tertiary/aromatic N) is 1. The van der Waals surface area contributed by atoms with E-state index in [0.717, 1.165) is 58.2 Å². The van der Waals surface area contributed by atoms with Crippen molar-refractivity contribution >= 4 is 9.84 Å². The van der Waals surface area contributed by atoms with Gasteiger partial charge in [-0.05, 0) is 68.3 Å². The molecule has 0 radical (unpaired) electrons. The third kappa shape index (κ3) is 3.41. The van der Waals surface area contributed by atoms with E-state index in [0.29, 0.717) is 17.0 Å². The van der Waals surface area contributed by atoms with Gasteiger partial charge in [-0.1, -0.05) is 48.9 Å². The summed E-state index contributed by atoms with van der Waals surface area (Å²) in [6.07, 6.45) is 6.71. The van der Waals surface area contributed by atoms with E-state index in [2.05, 4.69) is 34.5 Å². The van der Waals surface area contributed by atoms with Crippen LogP contribution in [0, 0.1) is 0 Å². The number of rotatable bonds is 6. The molecule has 2 aromatic rings. The lowest BCUT2D eigenvalue weighted by Crippen LogP contribution is -2.55. The van der Waals surface area contributed by atoms with Crippen LogP contribution in [-0.2, 0) is 16.3 Å². The first-order valence-electron chi connectivity index (χ1n) is 11.5. The Morgan fingerprint density at radius 1 is 1.03 bits per heavy atom. The van der Waals surface area contributed by atoms with Gasteiger partial charge in [0, 0.05) is 25.2 Å². The van der Waals surface area contributed by atoms with Crippen LogP contribution in [0.25, 0.3) is 0 Å². The minimum atomic E-state index is -3.26. The Balaban J connectivity index is 1.26. The summed E-state index contributed by atoms with van der Waals surface area (Å²) in [4.78, 5) is 3.12. The second-order valence-electron chi connectivity index (χ2n) is 9.23. The Kier molecular flexibility index (Phi) is 5.46. The van der Waals surface area contributed by atoms with Crippen LogP contribution >= 0.6 is 0 Å². The zero-order chi connectivity index (χ0) is 20.6. The lowest BCUT2D eigenvalue weighted by atomic mass is 9.80. The van der Waals surface area contributed by atoms with Crippen LogP contribution in [0.15, 0.2) is 59.5 Å². The Morgan fingerprint density at radius 2 is 1.80 bits per heavy atom. The third-order valence-corrected chi connectivity index (χ3v) is 10.3. The molecule has 0 bridgehead atoms. The van der Waals surface area contributed by atoms with Gasteiger partial charge in [-0.25, -0.2) is 8.42 Å². The van der Waals surface area contributed by atoms with Crippen LogP contribution in [0.3, 0.4) is 0 Å². The number of sulfone groups is 1. The largest absolute Gasteiger partial charge is 0.307 e. The highest BCUT2D eigenvalue weighted by atomic mass is 32.2. The smallest absolute Gasteiger partial charge is 0.184 e. The summed E-state index contributed by atoms with van der Waals surface area (Å²) in [7, 11) is -3.26. The first-order chi connectivity index (χ1) is 14.6. The van der Waals surface area contributed by atoms with Crippen molar-refractivity contribution in [2.75, 3.05) is 19.6 Å². The first kappa shape index (κ1) is 20.2. The topological polar surface area (TPSA) is 49.4 Å². The van der Waals surface area contributed by atoms with E-state index in [9.17, 15) is 8.42 Å². The standard InChI is InChI=1S/C25H32N2O2S/c28-30(29,21-9-2-1-3-10-21)25(14-6-15-25)16-7-18-27-19-17-26-24-22-11-5-4-8-20(22)12-13-23(24)27/h1-5,8-11,23-24,26H,6-7,12-19H2/t23?,24-/m1/s1. The van der Waals surface area contributed by atoms with Gasteiger partial charge in [0.25, 0.3) is 0 Å². The molecule has 1 heterocycles. The fraction of sp³-hybridized carbons (Fsp3) is 0.520. The molecule has 4 nitrogen and oxygen atoms in total. The highest BCUT2D eigenvalue weighted by Gasteiger charge is 2.49. The minimum Gasteiger partial charge on any atom is -0.307 e. The van der Waals surface area contributed by atoms with Gasteiger partial charge in [0.15, 0.2) is 9.84 Å². The van der Waals surface area contributed by atoms with E-state index >= 15 is 0 Å². The average Bonchev–Trinajstić information content (AvgIpc) is 2.76. The molecule has 160 valence electrons. The van der Waals surface area contributed by atoms with Gasteiger partial charge >= 0.3 is 0 Å². The van der Waals surface area contributed by atoms with Crippen LogP contribution in [-0.4, -0.2) is 43.7 Å². The molecule has 2 fully saturated rings. The molecule has 2 aromatic carbocycles. The molecule has 3 aliphatic rings. The van der Waals surface area contributed by atoms with Crippen molar-refractivity contribution in [2.45, 2.75) is 66.7 Å². The molecule has 0 aromatic heterocycles. The summed E-state index contributed by atoms with van der Waals surface area (Å²) in [6.45, 7) is 3.06. The average molecular weight is 425 g/mol. The maximum atomic E-state index is 13.4. The minimum absolute atomic E-state index is 0.411. The van der Waals surface area contributed by atoms with Gasteiger partial charge in [0.1, 0.15) is 0 Å². The van der Waals surface area contributed by atoms with Crippen LogP contribution < -0.4 is 5.32 Å². The van der Waals surface area contributed by atoms with Crippen molar-refractivity contribution < 1.29 is 8.42 Å². The number of piperazine rings is 1. The SMILES string of the molecule is O=S(=O)(c1ccccc1)C1(CCCN2CCN[C@@H]3c4ccccc4CCC32)CCC1. The van der Waals surface area contributed by atoms with Crippen molar-refractivity contribution in [1.82, 2.24) is 10.2 Å². The first-order valence-corrected chi connectivity index (χ1v) is 12.9. The predicted molar refractivity (Wildman–Crippen MR) is 120 cm³/mol. The molecule has 5 heteroatoms. The fourth-order valence-corrected chi connectivity index (χ4v) is 8.12. The lowest BCUT2D eigenvalue weighted by Gasteiger charge is -2.46. The van der Waals surface area contributed by atoms with E-state index in [1.54, 1.807) is 12.1 Å². The van der Waals surface area contributed by atoms with Crippen molar-refractivity contribution in [3.63, 3.8) is 0 Å². The molecule has 1 N–H and O–H groups in total. The quantitative estimate of drug-likeness (QED) is 0.758. The summed E-state index contributed by atoms with van der Waals surface area (Å²) in [6, 6.07) is 18.8. The summed E-state index contributed by atoms with van der Waals surface area (Å²) in [5.74, 6) is 0. The van der Waals surface area contributed by atoms with Crippen molar-refractivity contribution in [1.29, 1.82) is 0 Å². The summed E-state index contributed by atoms with van der Waals surface area (Å²) in [5.41, 5.74) is 2.94. The Labute approximate surface area is 180 Å². The molecule has 0 spiro atoms. The van der Waals surface area contributed by atoms with E-state index < -0.39 is 14.6 Å². The molecule has 5 rings (SSSR count). The molecule has 2 atom stereocenters. The van der Waals surface area contributed by atoms with Crippen molar-refractivity contribution in [3.8, 4) is 0 Å². The summed E-state index contributed by atoms with van der Waals surface area (Å²) < 4.78 is 26.2. The number of aryl methyl sites for hydroxylation is 1. The number of benzene rings is 2. The Morgan fingerprint density at radius 3 is 2.57 bits per heavy atom. The molecule has 1 saturated heterocycles. The van der Waals surface area contributed by atoms with Crippen LogP contribution in [0.1, 0.15) is 55.7 Å². The van der Waals surface area contributed by atoms with E-state index in [4.69, 9.17) is 0 Å². The molecule has 0 amide bonds. The van der Waals surface area contributed by atoms with Crippen LogP contribution in [0.2, 0.25) is 0 Å². The van der Waals surface area contributed by atoms with Gasteiger partial charge in [-0.3, -0.25) is 4.90 Å². The molecule has 2 aliphatic carbocycles. The number of fused-ring (bicyclic) bond motifs is 3. The Bertz CT molecular complexity index is 985. The number of nitrogens with one attached hydrogen (secondary N) is 1. The second-order valence-corrected chi connectivity index (χ2v) is 11.6.